The topological polar surface area (TPSA) is 85.4 Å². The van der Waals surface area contributed by atoms with Crippen LogP contribution in [-0.4, -0.2) is 48.2 Å². The van der Waals surface area contributed by atoms with Crippen molar-refractivity contribution in [1.82, 2.24) is 0 Å². The highest BCUT2D eigenvalue weighted by Gasteiger charge is 2.35. The van der Waals surface area contributed by atoms with Crippen LogP contribution in [0.1, 0.15) is 12.5 Å². The minimum atomic E-state index is -4.16. The van der Waals surface area contributed by atoms with Gasteiger partial charge in [0, 0.05) is 22.3 Å². The van der Waals surface area contributed by atoms with Crippen LogP contribution >= 0.6 is 15.9 Å². The monoisotopic (exact) mass is 574 g/mol. The number of sulfonamides is 1. The first-order valence-electron chi connectivity index (χ1n) is 11.2. The fourth-order valence-electron chi connectivity index (χ4n) is 4.35. The lowest BCUT2D eigenvalue weighted by Crippen LogP contribution is -2.45. The largest absolute Gasteiger partial charge is 0.497 e. The first kappa shape index (κ1) is 25.8. The van der Waals surface area contributed by atoms with Crippen molar-refractivity contribution in [3.8, 4) is 17.2 Å². The van der Waals surface area contributed by atoms with Gasteiger partial charge in [-0.3, -0.25) is 9.10 Å². The summed E-state index contributed by atoms with van der Waals surface area (Å²) in [5, 5.41) is 0. The van der Waals surface area contributed by atoms with E-state index in [4.69, 9.17) is 14.2 Å². The Balaban J connectivity index is 1.75. The van der Waals surface area contributed by atoms with Crippen molar-refractivity contribution in [3.05, 3.63) is 70.7 Å². The number of hydrogen-bond donors (Lipinski definition) is 0. The zero-order chi connectivity index (χ0) is 26.0. The van der Waals surface area contributed by atoms with Gasteiger partial charge in [0.1, 0.15) is 12.3 Å². The molecule has 36 heavy (non-hydrogen) atoms. The Kier molecular flexibility index (Phi) is 7.46. The van der Waals surface area contributed by atoms with E-state index < -0.39 is 10.0 Å². The molecule has 1 atom stereocenters. The molecule has 1 aliphatic rings. The normalized spacial score (nSPS) is 14.8. The van der Waals surface area contributed by atoms with Gasteiger partial charge in [0.05, 0.1) is 31.9 Å². The lowest BCUT2D eigenvalue weighted by atomic mass is 10.1. The average Bonchev–Trinajstić information content (AvgIpc) is 3.21. The highest BCUT2D eigenvalue weighted by Crippen LogP contribution is 2.36. The molecule has 0 aliphatic carbocycles. The number of nitrogens with zero attached hydrogens (tertiary/aromatic N) is 2. The average molecular weight is 575 g/mol. The number of carbonyl (C=O) groups is 1. The van der Waals surface area contributed by atoms with Gasteiger partial charge in [-0.05, 0) is 73.5 Å². The zero-order valence-corrected chi connectivity index (χ0v) is 22.8. The van der Waals surface area contributed by atoms with Gasteiger partial charge in [0.15, 0.2) is 11.5 Å². The Morgan fingerprint density at radius 1 is 0.972 bits per heavy atom. The lowest BCUT2D eigenvalue weighted by Gasteiger charge is -2.29. The van der Waals surface area contributed by atoms with Crippen molar-refractivity contribution in [2.45, 2.75) is 24.3 Å². The molecular formula is C26H27BrN2O6S. The summed E-state index contributed by atoms with van der Waals surface area (Å²) in [4.78, 5) is 15.3. The molecule has 0 N–H and O–H groups in total. The SMILES string of the molecule is COc1ccc(N(CC(=O)N2c3ccc(Br)cc3C[C@H]2C)S(=O)(=O)c2ccc(OC)c(OC)c2)cc1. The standard InChI is InChI=1S/C26H27BrN2O6S/c1-17-13-18-14-19(27)5-11-23(18)29(17)26(30)16-28(20-6-8-21(33-2)9-7-20)36(31,32)22-10-12-24(34-3)25(15-22)35-4/h5-12,14-15,17H,13,16H2,1-4H3/t17-/m1/s1. The molecule has 3 aromatic carbocycles. The molecule has 0 radical (unpaired) electrons. The second-order valence-corrected chi connectivity index (χ2v) is 11.1. The summed E-state index contributed by atoms with van der Waals surface area (Å²) in [6, 6.07) is 16.5. The third-order valence-corrected chi connectivity index (χ3v) is 8.37. The van der Waals surface area contributed by atoms with Crippen LogP contribution in [0.3, 0.4) is 0 Å². The molecule has 0 unspecified atom stereocenters. The van der Waals surface area contributed by atoms with E-state index in [1.165, 1.54) is 39.5 Å². The number of carbonyl (C=O) groups excluding carboxylic acids is 1. The third-order valence-electron chi connectivity index (χ3n) is 6.11. The van der Waals surface area contributed by atoms with E-state index in [2.05, 4.69) is 15.9 Å². The molecule has 1 aliphatic heterocycles. The van der Waals surface area contributed by atoms with Crippen molar-refractivity contribution in [1.29, 1.82) is 0 Å². The molecule has 4 rings (SSSR count). The first-order valence-corrected chi connectivity index (χ1v) is 13.4. The van der Waals surface area contributed by atoms with Crippen molar-refractivity contribution in [2.24, 2.45) is 0 Å². The van der Waals surface area contributed by atoms with Gasteiger partial charge < -0.3 is 19.1 Å². The molecule has 1 amide bonds. The first-order chi connectivity index (χ1) is 17.2. The van der Waals surface area contributed by atoms with Gasteiger partial charge in [-0.25, -0.2) is 8.42 Å². The van der Waals surface area contributed by atoms with Crippen molar-refractivity contribution in [2.75, 3.05) is 37.1 Å². The fraction of sp³-hybridized carbons (Fsp3) is 0.269. The van der Waals surface area contributed by atoms with E-state index in [0.717, 1.165) is 20.0 Å². The van der Waals surface area contributed by atoms with Crippen molar-refractivity contribution in [3.63, 3.8) is 0 Å². The number of ether oxygens (including phenoxy) is 3. The zero-order valence-electron chi connectivity index (χ0n) is 20.4. The molecular weight excluding hydrogens is 548 g/mol. The Morgan fingerprint density at radius 2 is 1.67 bits per heavy atom. The molecule has 0 spiro atoms. The van der Waals surface area contributed by atoms with Crippen LogP contribution in [0.15, 0.2) is 70.0 Å². The number of rotatable bonds is 8. The summed E-state index contributed by atoms with van der Waals surface area (Å²) in [6.07, 6.45) is 0.686. The Bertz CT molecular complexity index is 1380. The van der Waals surface area contributed by atoms with Crippen LogP contribution in [0, 0.1) is 0 Å². The molecule has 10 heteroatoms. The summed E-state index contributed by atoms with van der Waals surface area (Å²) in [5.41, 5.74) is 2.15. The van der Waals surface area contributed by atoms with E-state index in [1.54, 1.807) is 29.2 Å². The number of amides is 1. The predicted molar refractivity (Wildman–Crippen MR) is 142 cm³/mol. The van der Waals surface area contributed by atoms with Crippen LogP contribution in [0.5, 0.6) is 17.2 Å². The maximum Gasteiger partial charge on any atom is 0.264 e. The molecule has 0 bridgehead atoms. The fourth-order valence-corrected chi connectivity index (χ4v) is 6.19. The smallest absolute Gasteiger partial charge is 0.264 e. The molecule has 190 valence electrons. The number of fused-ring (bicyclic) bond motifs is 1. The molecule has 1 heterocycles. The highest BCUT2D eigenvalue weighted by molar-refractivity contribution is 9.10. The van der Waals surface area contributed by atoms with Gasteiger partial charge >= 0.3 is 0 Å². The van der Waals surface area contributed by atoms with E-state index in [-0.39, 0.29) is 29.1 Å². The second kappa shape index (κ2) is 10.4. The summed E-state index contributed by atoms with van der Waals surface area (Å²) < 4.78 is 45.6. The van der Waals surface area contributed by atoms with Gasteiger partial charge in [-0.2, -0.15) is 0 Å². The van der Waals surface area contributed by atoms with Crippen LogP contribution in [0.2, 0.25) is 0 Å². The molecule has 8 nitrogen and oxygen atoms in total. The van der Waals surface area contributed by atoms with E-state index in [0.29, 0.717) is 23.6 Å². The third kappa shape index (κ3) is 4.87. The van der Waals surface area contributed by atoms with Gasteiger partial charge in [-0.1, -0.05) is 15.9 Å². The Labute approximate surface area is 219 Å². The Morgan fingerprint density at radius 3 is 2.31 bits per heavy atom. The summed E-state index contributed by atoms with van der Waals surface area (Å²) in [7, 11) is 0.282. The second-order valence-electron chi connectivity index (χ2n) is 8.32. The van der Waals surface area contributed by atoms with Crippen LogP contribution < -0.4 is 23.4 Å². The maximum atomic E-state index is 13.9. The minimum absolute atomic E-state index is 0.0254. The molecule has 0 saturated carbocycles. The van der Waals surface area contributed by atoms with E-state index >= 15 is 0 Å². The number of halogens is 1. The number of anilines is 2. The molecule has 3 aromatic rings. The maximum absolute atomic E-state index is 13.9. The predicted octanol–water partition coefficient (Wildman–Crippen LogP) is 4.65. The van der Waals surface area contributed by atoms with Gasteiger partial charge in [0.25, 0.3) is 10.0 Å². The number of hydrogen-bond acceptors (Lipinski definition) is 6. The van der Waals surface area contributed by atoms with Crippen LogP contribution in [0.4, 0.5) is 11.4 Å². The summed E-state index contributed by atoms with van der Waals surface area (Å²) >= 11 is 3.48. The lowest BCUT2D eigenvalue weighted by molar-refractivity contribution is -0.117. The van der Waals surface area contributed by atoms with Crippen LogP contribution in [0.25, 0.3) is 0 Å². The molecule has 0 saturated heterocycles. The summed E-state index contributed by atoms with van der Waals surface area (Å²) in [6.45, 7) is 1.56. The highest BCUT2D eigenvalue weighted by atomic mass is 79.9. The van der Waals surface area contributed by atoms with Crippen LogP contribution in [-0.2, 0) is 21.2 Å². The van der Waals surface area contributed by atoms with Crippen molar-refractivity contribution >= 4 is 43.2 Å². The summed E-state index contributed by atoms with van der Waals surface area (Å²) in [5.74, 6) is 0.911. The number of benzene rings is 3. The minimum Gasteiger partial charge on any atom is -0.497 e. The van der Waals surface area contributed by atoms with E-state index in [9.17, 15) is 13.2 Å². The van der Waals surface area contributed by atoms with Crippen molar-refractivity contribution < 1.29 is 27.4 Å². The van der Waals surface area contributed by atoms with Gasteiger partial charge in [0.2, 0.25) is 5.91 Å². The van der Waals surface area contributed by atoms with Gasteiger partial charge in [-0.15, -0.1) is 0 Å². The van der Waals surface area contributed by atoms with E-state index in [1.807, 2.05) is 25.1 Å². The quantitative estimate of drug-likeness (QED) is 0.389. The molecule has 0 fully saturated rings. The number of methoxy groups -OCH3 is 3. The molecule has 0 aromatic heterocycles. The Hall–Kier alpha value is -3.24.